The van der Waals surface area contributed by atoms with Gasteiger partial charge in [-0.1, -0.05) is 35.0 Å². The number of aromatic nitrogens is 3. The van der Waals surface area contributed by atoms with E-state index in [1.165, 1.54) is 0 Å². The molecular formula is C19H20ClN5O2. The van der Waals surface area contributed by atoms with Gasteiger partial charge in [-0.3, -0.25) is 9.59 Å². The summed E-state index contributed by atoms with van der Waals surface area (Å²) in [5.74, 6) is 0.129. The van der Waals surface area contributed by atoms with Gasteiger partial charge in [0.2, 0.25) is 11.8 Å². The average molecular weight is 386 g/mol. The van der Waals surface area contributed by atoms with Crippen LogP contribution >= 0.6 is 11.6 Å². The highest BCUT2D eigenvalue weighted by Gasteiger charge is 2.32. The van der Waals surface area contributed by atoms with Gasteiger partial charge in [-0.05, 0) is 24.1 Å². The number of halogens is 1. The Morgan fingerprint density at radius 2 is 2.11 bits per heavy atom. The number of nitrogens with zero attached hydrogens (tertiary/aromatic N) is 5. The first-order valence-electron chi connectivity index (χ1n) is 9.00. The van der Waals surface area contributed by atoms with E-state index in [1.807, 2.05) is 29.3 Å². The van der Waals surface area contributed by atoms with Crippen LogP contribution in [0.1, 0.15) is 30.1 Å². The van der Waals surface area contributed by atoms with Gasteiger partial charge in [0.05, 0.1) is 18.8 Å². The topological polar surface area (TPSA) is 71.3 Å². The van der Waals surface area contributed by atoms with Crippen LogP contribution in [0.25, 0.3) is 6.08 Å². The number of carbonyl (C=O) groups is 2. The maximum atomic E-state index is 12.3. The summed E-state index contributed by atoms with van der Waals surface area (Å²) in [6.07, 6.45) is 6.68. The first-order chi connectivity index (χ1) is 13.1. The Hall–Kier alpha value is -2.67. The van der Waals surface area contributed by atoms with Crippen LogP contribution < -0.4 is 0 Å². The minimum Gasteiger partial charge on any atom is -0.337 e. The van der Waals surface area contributed by atoms with Crippen LogP contribution in [0, 0.1) is 0 Å². The predicted octanol–water partition coefficient (Wildman–Crippen LogP) is 2.15. The van der Waals surface area contributed by atoms with Crippen LogP contribution in [-0.2, 0) is 16.1 Å². The van der Waals surface area contributed by atoms with E-state index in [0.717, 1.165) is 24.2 Å². The largest absolute Gasteiger partial charge is 0.337 e. The van der Waals surface area contributed by atoms with Crippen molar-refractivity contribution in [3.8, 4) is 0 Å². The van der Waals surface area contributed by atoms with Crippen LogP contribution in [0.15, 0.2) is 36.5 Å². The SMILES string of the molecule is O=C(C=Cc1ccccc1Cl)N1CC(n2cc(CN3CCCC3=O)nn2)C1. The van der Waals surface area contributed by atoms with Gasteiger partial charge in [0.1, 0.15) is 5.69 Å². The third kappa shape index (κ3) is 3.88. The minimum absolute atomic E-state index is 0.0471. The maximum absolute atomic E-state index is 12.3. The molecule has 0 aliphatic carbocycles. The number of benzene rings is 1. The van der Waals surface area contributed by atoms with Gasteiger partial charge in [-0.25, -0.2) is 4.68 Å². The number of amides is 2. The molecule has 0 unspecified atom stereocenters. The molecule has 1 aromatic heterocycles. The van der Waals surface area contributed by atoms with Crippen LogP contribution in [0.3, 0.4) is 0 Å². The first kappa shape index (κ1) is 17.7. The monoisotopic (exact) mass is 385 g/mol. The Kier molecular flexibility index (Phi) is 4.94. The van der Waals surface area contributed by atoms with Crippen molar-refractivity contribution < 1.29 is 9.59 Å². The zero-order valence-electron chi connectivity index (χ0n) is 14.8. The summed E-state index contributed by atoms with van der Waals surface area (Å²) < 4.78 is 1.79. The summed E-state index contributed by atoms with van der Waals surface area (Å²) in [5, 5.41) is 8.94. The highest BCUT2D eigenvalue weighted by atomic mass is 35.5. The summed E-state index contributed by atoms with van der Waals surface area (Å²) in [6, 6.07) is 7.52. The highest BCUT2D eigenvalue weighted by molar-refractivity contribution is 6.32. The molecule has 2 aliphatic rings. The molecular weight excluding hydrogens is 366 g/mol. The van der Waals surface area contributed by atoms with Gasteiger partial charge in [-0.2, -0.15) is 0 Å². The molecule has 3 heterocycles. The van der Waals surface area contributed by atoms with Crippen LogP contribution in [0.5, 0.6) is 0 Å². The Balaban J connectivity index is 1.30. The van der Waals surface area contributed by atoms with Crippen molar-refractivity contribution in [1.29, 1.82) is 0 Å². The lowest BCUT2D eigenvalue weighted by molar-refractivity contribution is -0.131. The molecule has 0 bridgehead atoms. The van der Waals surface area contributed by atoms with Crippen LogP contribution in [-0.4, -0.2) is 56.2 Å². The number of hydrogen-bond donors (Lipinski definition) is 0. The molecule has 0 spiro atoms. The van der Waals surface area contributed by atoms with Crippen molar-refractivity contribution in [2.45, 2.75) is 25.4 Å². The predicted molar refractivity (Wildman–Crippen MR) is 101 cm³/mol. The van der Waals surface area contributed by atoms with E-state index in [4.69, 9.17) is 11.6 Å². The van der Waals surface area contributed by atoms with Crippen molar-refractivity contribution in [2.24, 2.45) is 0 Å². The molecule has 0 N–H and O–H groups in total. The second kappa shape index (κ2) is 7.52. The quantitative estimate of drug-likeness (QED) is 0.739. The van der Waals surface area contributed by atoms with Crippen molar-refractivity contribution in [1.82, 2.24) is 24.8 Å². The normalized spacial score (nSPS) is 17.7. The summed E-state index contributed by atoms with van der Waals surface area (Å²) in [7, 11) is 0. The molecule has 2 amide bonds. The molecule has 2 fully saturated rings. The molecule has 2 saturated heterocycles. The Morgan fingerprint density at radius 1 is 1.30 bits per heavy atom. The zero-order chi connectivity index (χ0) is 18.8. The molecule has 7 nitrogen and oxygen atoms in total. The van der Waals surface area contributed by atoms with Gasteiger partial charge >= 0.3 is 0 Å². The standard InChI is InChI=1S/C19H20ClN5O2/c20-17-5-2-1-4-14(17)7-8-19(27)24-12-16(13-24)25-11-15(21-22-25)10-23-9-3-6-18(23)26/h1-2,4-5,7-8,11,16H,3,6,9-10,12-13H2. The fourth-order valence-corrected chi connectivity index (χ4v) is 3.51. The second-order valence-corrected chi connectivity index (χ2v) is 7.27. The minimum atomic E-state index is -0.0471. The van der Waals surface area contributed by atoms with Crippen molar-refractivity contribution >= 4 is 29.5 Å². The van der Waals surface area contributed by atoms with Crippen molar-refractivity contribution in [3.63, 3.8) is 0 Å². The summed E-state index contributed by atoms with van der Waals surface area (Å²) >= 11 is 6.09. The fourth-order valence-electron chi connectivity index (χ4n) is 3.31. The van der Waals surface area contributed by atoms with E-state index in [2.05, 4.69) is 10.3 Å². The molecule has 0 radical (unpaired) electrons. The van der Waals surface area contributed by atoms with Crippen LogP contribution in [0.4, 0.5) is 0 Å². The third-order valence-corrected chi connectivity index (χ3v) is 5.28. The number of likely N-dealkylation sites (tertiary alicyclic amines) is 2. The van der Waals surface area contributed by atoms with Crippen LogP contribution in [0.2, 0.25) is 5.02 Å². The summed E-state index contributed by atoms with van der Waals surface area (Å²) in [4.78, 5) is 27.5. The van der Waals surface area contributed by atoms with Crippen molar-refractivity contribution in [2.75, 3.05) is 19.6 Å². The van der Waals surface area contributed by atoms with E-state index < -0.39 is 0 Å². The summed E-state index contributed by atoms with van der Waals surface area (Å²) in [6.45, 7) is 2.48. The van der Waals surface area contributed by atoms with E-state index in [0.29, 0.717) is 31.1 Å². The van der Waals surface area contributed by atoms with Crippen molar-refractivity contribution in [3.05, 3.63) is 52.8 Å². The molecule has 0 atom stereocenters. The molecule has 1 aromatic carbocycles. The van der Waals surface area contributed by atoms with E-state index in [-0.39, 0.29) is 17.9 Å². The van der Waals surface area contributed by atoms with Gasteiger partial charge in [0.25, 0.3) is 0 Å². The molecule has 8 heteroatoms. The zero-order valence-corrected chi connectivity index (χ0v) is 15.5. The molecule has 2 aliphatic heterocycles. The Labute approximate surface area is 162 Å². The maximum Gasteiger partial charge on any atom is 0.246 e. The Bertz CT molecular complexity index is 888. The molecule has 2 aromatic rings. The lowest BCUT2D eigenvalue weighted by Crippen LogP contribution is -2.50. The van der Waals surface area contributed by atoms with Gasteiger partial charge in [0, 0.05) is 37.2 Å². The van der Waals surface area contributed by atoms with Gasteiger partial charge in [0.15, 0.2) is 0 Å². The number of rotatable bonds is 5. The summed E-state index contributed by atoms with van der Waals surface area (Å²) in [5.41, 5.74) is 1.61. The number of hydrogen-bond acceptors (Lipinski definition) is 4. The smallest absolute Gasteiger partial charge is 0.246 e. The lowest BCUT2D eigenvalue weighted by Gasteiger charge is -2.38. The van der Waals surface area contributed by atoms with E-state index >= 15 is 0 Å². The molecule has 4 rings (SSSR count). The highest BCUT2D eigenvalue weighted by Crippen LogP contribution is 2.22. The lowest BCUT2D eigenvalue weighted by atomic mass is 10.1. The fraction of sp³-hybridized carbons (Fsp3) is 0.368. The Morgan fingerprint density at radius 3 is 2.85 bits per heavy atom. The average Bonchev–Trinajstić information content (AvgIpc) is 3.23. The second-order valence-electron chi connectivity index (χ2n) is 6.86. The third-order valence-electron chi connectivity index (χ3n) is 4.94. The molecule has 27 heavy (non-hydrogen) atoms. The molecule has 140 valence electrons. The van der Waals surface area contributed by atoms with Gasteiger partial charge < -0.3 is 9.80 Å². The van der Waals surface area contributed by atoms with Gasteiger partial charge in [-0.15, -0.1) is 5.10 Å². The van der Waals surface area contributed by atoms with E-state index in [9.17, 15) is 9.59 Å². The van der Waals surface area contributed by atoms with E-state index in [1.54, 1.807) is 27.8 Å². The first-order valence-corrected chi connectivity index (χ1v) is 9.38. The molecule has 0 saturated carbocycles. The number of carbonyl (C=O) groups excluding carboxylic acids is 2.